The van der Waals surface area contributed by atoms with Gasteiger partial charge in [-0.3, -0.25) is 4.79 Å². The van der Waals surface area contributed by atoms with Crippen molar-refractivity contribution in [2.24, 2.45) is 5.92 Å². The number of carboxylic acid groups (broad SMARTS) is 1. The van der Waals surface area contributed by atoms with Gasteiger partial charge in [-0.25, -0.2) is 12.8 Å². The largest absolute Gasteiger partial charge is 0.481 e. The summed E-state index contributed by atoms with van der Waals surface area (Å²) in [5.41, 5.74) is 0. The molecule has 0 bridgehead atoms. The Kier molecular flexibility index (Phi) is 3.43. The van der Waals surface area contributed by atoms with Crippen molar-refractivity contribution in [3.63, 3.8) is 0 Å². The zero-order valence-corrected chi connectivity index (χ0v) is 11.4. The molecule has 1 aliphatic rings. The number of rotatable bonds is 3. The molecule has 2 rings (SSSR count). The molecular formula is C10H9BrFNO4S. The molecule has 0 spiro atoms. The van der Waals surface area contributed by atoms with Crippen LogP contribution >= 0.6 is 15.9 Å². The number of hydrogen-bond acceptors (Lipinski definition) is 3. The van der Waals surface area contributed by atoms with Crippen LogP contribution in [-0.4, -0.2) is 36.9 Å². The number of nitrogens with zero attached hydrogens (tertiary/aromatic N) is 1. The van der Waals surface area contributed by atoms with Crippen LogP contribution < -0.4 is 0 Å². The van der Waals surface area contributed by atoms with Gasteiger partial charge < -0.3 is 5.11 Å². The average molecular weight is 338 g/mol. The fourth-order valence-corrected chi connectivity index (χ4v) is 3.52. The zero-order chi connectivity index (χ0) is 13.5. The van der Waals surface area contributed by atoms with Crippen LogP contribution in [0.2, 0.25) is 0 Å². The molecule has 1 saturated heterocycles. The molecule has 1 aromatic carbocycles. The number of halogens is 2. The molecule has 18 heavy (non-hydrogen) atoms. The van der Waals surface area contributed by atoms with Crippen LogP contribution in [0.5, 0.6) is 0 Å². The van der Waals surface area contributed by atoms with Crippen LogP contribution in [0, 0.1) is 11.7 Å². The Labute approximate surface area is 111 Å². The lowest BCUT2D eigenvalue weighted by Gasteiger charge is -2.35. The standard InChI is InChI=1S/C10H9BrFNO4S/c11-7-1-2-9(8(12)3-7)18(16,17)13-4-6(5-13)10(14)15/h1-3,6H,4-5H2,(H,14,15). The lowest BCUT2D eigenvalue weighted by molar-refractivity contribution is -0.145. The fourth-order valence-electron chi connectivity index (χ4n) is 1.61. The molecule has 5 nitrogen and oxygen atoms in total. The van der Waals surface area contributed by atoms with E-state index in [9.17, 15) is 17.6 Å². The summed E-state index contributed by atoms with van der Waals surface area (Å²) in [5, 5.41) is 8.68. The third-order valence-corrected chi connectivity index (χ3v) is 5.07. The lowest BCUT2D eigenvalue weighted by atomic mass is 10.0. The van der Waals surface area contributed by atoms with Crippen LogP contribution in [0.1, 0.15) is 0 Å². The minimum atomic E-state index is -3.94. The monoisotopic (exact) mass is 337 g/mol. The van der Waals surface area contributed by atoms with Gasteiger partial charge in [-0.2, -0.15) is 4.31 Å². The molecule has 98 valence electrons. The van der Waals surface area contributed by atoms with E-state index in [1.807, 2.05) is 0 Å². The van der Waals surface area contributed by atoms with Crippen molar-refractivity contribution < 1.29 is 22.7 Å². The highest BCUT2D eigenvalue weighted by molar-refractivity contribution is 9.10. The summed E-state index contributed by atoms with van der Waals surface area (Å²) in [6, 6.07) is 3.63. The minimum Gasteiger partial charge on any atom is -0.481 e. The van der Waals surface area contributed by atoms with E-state index in [1.165, 1.54) is 6.07 Å². The zero-order valence-electron chi connectivity index (χ0n) is 9.01. The summed E-state index contributed by atoms with van der Waals surface area (Å²) in [7, 11) is -3.94. The predicted molar refractivity (Wildman–Crippen MR) is 64.0 cm³/mol. The number of sulfonamides is 1. The van der Waals surface area contributed by atoms with E-state index in [2.05, 4.69) is 15.9 Å². The summed E-state index contributed by atoms with van der Waals surface area (Å²) < 4.78 is 38.9. The highest BCUT2D eigenvalue weighted by Crippen LogP contribution is 2.28. The molecule has 0 radical (unpaired) electrons. The second-order valence-electron chi connectivity index (χ2n) is 3.93. The number of carbonyl (C=O) groups is 1. The first-order chi connectivity index (χ1) is 8.32. The van der Waals surface area contributed by atoms with E-state index in [0.717, 1.165) is 16.4 Å². The molecule has 0 aromatic heterocycles. The molecule has 0 atom stereocenters. The topological polar surface area (TPSA) is 74.7 Å². The van der Waals surface area contributed by atoms with Crippen molar-refractivity contribution in [3.8, 4) is 0 Å². The first kappa shape index (κ1) is 13.4. The van der Waals surface area contributed by atoms with Crippen LogP contribution in [0.3, 0.4) is 0 Å². The average Bonchev–Trinajstić information content (AvgIpc) is 2.12. The molecule has 0 unspecified atom stereocenters. The molecule has 8 heteroatoms. The van der Waals surface area contributed by atoms with Crippen LogP contribution in [-0.2, 0) is 14.8 Å². The Bertz CT molecular complexity index is 598. The molecule has 0 aliphatic carbocycles. The molecule has 0 saturated carbocycles. The van der Waals surface area contributed by atoms with Gasteiger partial charge in [-0.05, 0) is 18.2 Å². The van der Waals surface area contributed by atoms with Gasteiger partial charge in [0, 0.05) is 17.6 Å². The summed E-state index contributed by atoms with van der Waals surface area (Å²) in [4.78, 5) is 10.2. The van der Waals surface area contributed by atoms with Crippen molar-refractivity contribution in [1.82, 2.24) is 4.31 Å². The van der Waals surface area contributed by atoms with Gasteiger partial charge >= 0.3 is 5.97 Å². The van der Waals surface area contributed by atoms with E-state index >= 15 is 0 Å². The van der Waals surface area contributed by atoms with Gasteiger partial charge in [0.1, 0.15) is 10.7 Å². The van der Waals surface area contributed by atoms with E-state index in [0.29, 0.717) is 4.47 Å². The Balaban J connectivity index is 2.25. The second kappa shape index (κ2) is 4.60. The first-order valence-electron chi connectivity index (χ1n) is 5.00. The lowest BCUT2D eigenvalue weighted by Crippen LogP contribution is -2.52. The van der Waals surface area contributed by atoms with Gasteiger partial charge in [0.15, 0.2) is 0 Å². The Morgan fingerprint density at radius 3 is 2.56 bits per heavy atom. The number of carboxylic acids is 1. The van der Waals surface area contributed by atoms with Gasteiger partial charge in [0.25, 0.3) is 0 Å². The second-order valence-corrected chi connectivity index (χ2v) is 6.75. The van der Waals surface area contributed by atoms with Gasteiger partial charge in [-0.1, -0.05) is 15.9 Å². The van der Waals surface area contributed by atoms with Gasteiger partial charge in [0.05, 0.1) is 5.92 Å². The van der Waals surface area contributed by atoms with Gasteiger partial charge in [0.2, 0.25) is 10.0 Å². The number of hydrogen-bond donors (Lipinski definition) is 1. The van der Waals surface area contributed by atoms with Crippen LogP contribution in [0.15, 0.2) is 27.6 Å². The maximum Gasteiger partial charge on any atom is 0.309 e. The first-order valence-corrected chi connectivity index (χ1v) is 7.23. The maximum absolute atomic E-state index is 13.6. The Morgan fingerprint density at radius 1 is 1.44 bits per heavy atom. The van der Waals surface area contributed by atoms with Crippen LogP contribution in [0.25, 0.3) is 0 Å². The molecule has 1 aromatic rings. The predicted octanol–water partition coefficient (Wildman–Crippen LogP) is 1.29. The van der Waals surface area contributed by atoms with Crippen molar-refractivity contribution in [2.45, 2.75) is 4.90 Å². The Hall–Kier alpha value is -0.990. The van der Waals surface area contributed by atoms with Crippen LogP contribution in [0.4, 0.5) is 4.39 Å². The Morgan fingerprint density at radius 2 is 2.06 bits per heavy atom. The quantitative estimate of drug-likeness (QED) is 0.901. The third-order valence-electron chi connectivity index (χ3n) is 2.71. The summed E-state index contributed by atoms with van der Waals surface area (Å²) >= 11 is 3.03. The molecule has 1 fully saturated rings. The minimum absolute atomic E-state index is 0.118. The SMILES string of the molecule is O=C(O)C1CN(S(=O)(=O)c2ccc(Br)cc2F)C1. The number of aliphatic carboxylic acids is 1. The molecule has 0 amide bonds. The smallest absolute Gasteiger partial charge is 0.309 e. The van der Waals surface area contributed by atoms with Gasteiger partial charge in [-0.15, -0.1) is 0 Å². The summed E-state index contributed by atoms with van der Waals surface area (Å²) in [6.07, 6.45) is 0. The van der Waals surface area contributed by atoms with Crippen molar-refractivity contribution in [2.75, 3.05) is 13.1 Å². The van der Waals surface area contributed by atoms with Crippen molar-refractivity contribution >= 4 is 31.9 Å². The normalized spacial score (nSPS) is 17.4. The molecule has 1 heterocycles. The van der Waals surface area contributed by atoms with Crippen molar-refractivity contribution in [3.05, 3.63) is 28.5 Å². The van der Waals surface area contributed by atoms with E-state index in [1.54, 1.807) is 0 Å². The van der Waals surface area contributed by atoms with E-state index < -0.39 is 32.6 Å². The third kappa shape index (κ3) is 2.27. The maximum atomic E-state index is 13.6. The molecule has 1 N–H and O–H groups in total. The molecule has 1 aliphatic heterocycles. The fraction of sp³-hybridized carbons (Fsp3) is 0.300. The number of benzene rings is 1. The van der Waals surface area contributed by atoms with Crippen molar-refractivity contribution in [1.29, 1.82) is 0 Å². The van der Waals surface area contributed by atoms with E-state index in [-0.39, 0.29) is 13.1 Å². The summed E-state index contributed by atoms with van der Waals surface area (Å²) in [5.74, 6) is -2.61. The highest BCUT2D eigenvalue weighted by atomic mass is 79.9. The van der Waals surface area contributed by atoms with E-state index in [4.69, 9.17) is 5.11 Å². The summed E-state index contributed by atoms with van der Waals surface area (Å²) in [6.45, 7) is -0.236. The molecular weight excluding hydrogens is 329 g/mol. The highest BCUT2D eigenvalue weighted by Gasteiger charge is 2.41.